The first kappa shape index (κ1) is 23.6. The number of benzene rings is 2. The summed E-state index contributed by atoms with van der Waals surface area (Å²) in [7, 11) is -2.60. The van der Waals surface area contributed by atoms with Crippen molar-refractivity contribution >= 4 is 26.8 Å². The van der Waals surface area contributed by atoms with Gasteiger partial charge in [-0.3, -0.25) is 9.78 Å². The number of aryl methyl sites for hydroxylation is 6. The molecule has 0 N–H and O–H groups in total. The summed E-state index contributed by atoms with van der Waals surface area (Å²) in [5, 5.41) is 5.31. The molecule has 4 rings (SSSR count). The van der Waals surface area contributed by atoms with Crippen molar-refractivity contribution in [1.29, 1.82) is 0 Å². The Morgan fingerprint density at radius 2 is 1.56 bits per heavy atom. The number of carbonyl (C=O) groups excluding carboxylic acids is 1. The Bertz CT molecular complexity index is 1570. The molecule has 34 heavy (non-hydrogen) atoms. The second-order valence-electron chi connectivity index (χ2n) is 8.61. The average molecular weight is 478 g/mol. The lowest BCUT2D eigenvalue weighted by atomic mass is 9.91. The van der Waals surface area contributed by atoms with E-state index in [-0.39, 0.29) is 22.1 Å². The number of pyridine rings is 1. The van der Waals surface area contributed by atoms with Gasteiger partial charge in [0.15, 0.2) is 0 Å². The maximum absolute atomic E-state index is 13.8. The Morgan fingerprint density at radius 1 is 0.912 bits per heavy atom. The third-order valence-electron chi connectivity index (χ3n) is 6.37. The lowest BCUT2D eigenvalue weighted by molar-refractivity contribution is 0.103. The third-order valence-corrected chi connectivity index (χ3v) is 7.60. The van der Waals surface area contributed by atoms with E-state index < -0.39 is 10.1 Å². The molecule has 8 heteroatoms. The van der Waals surface area contributed by atoms with Crippen LogP contribution in [0.4, 0.5) is 0 Å². The molecule has 0 amide bonds. The first-order valence-electron chi connectivity index (χ1n) is 10.9. The Balaban J connectivity index is 1.88. The van der Waals surface area contributed by atoms with Crippen molar-refractivity contribution in [3.8, 4) is 5.88 Å². The van der Waals surface area contributed by atoms with Crippen molar-refractivity contribution in [2.45, 2.75) is 46.4 Å². The highest BCUT2D eigenvalue weighted by Crippen LogP contribution is 2.33. The lowest BCUT2D eigenvalue weighted by Gasteiger charge is -2.16. The monoisotopic (exact) mass is 477 g/mol. The standard InChI is InChI=1S/C26H27N3O4S/c1-14-13-21(17(4)24-22(14)16(3)15(2)18(5)27-24)25(30)23-19(6)28-29(7)26(23)33-34(31,32)20-11-9-8-10-12-20/h8-13H,1-7H3. The molecule has 0 spiro atoms. The van der Waals surface area contributed by atoms with Crippen LogP contribution in [0.1, 0.15) is 49.6 Å². The van der Waals surface area contributed by atoms with Gasteiger partial charge in [0.2, 0.25) is 11.7 Å². The summed E-state index contributed by atoms with van der Waals surface area (Å²) >= 11 is 0. The Labute approximate surface area is 199 Å². The van der Waals surface area contributed by atoms with Gasteiger partial charge in [0, 0.05) is 23.7 Å². The van der Waals surface area contributed by atoms with Gasteiger partial charge in [-0.25, -0.2) is 4.68 Å². The van der Waals surface area contributed by atoms with Crippen LogP contribution in [0.2, 0.25) is 0 Å². The fourth-order valence-electron chi connectivity index (χ4n) is 4.33. The van der Waals surface area contributed by atoms with Gasteiger partial charge < -0.3 is 4.18 Å². The van der Waals surface area contributed by atoms with Gasteiger partial charge in [-0.2, -0.15) is 13.5 Å². The molecule has 0 saturated carbocycles. The van der Waals surface area contributed by atoms with Crippen LogP contribution in [0.3, 0.4) is 0 Å². The van der Waals surface area contributed by atoms with Gasteiger partial charge in [0.05, 0.1) is 11.2 Å². The van der Waals surface area contributed by atoms with E-state index in [0.29, 0.717) is 11.3 Å². The summed E-state index contributed by atoms with van der Waals surface area (Å²) in [5.41, 5.74) is 6.54. The van der Waals surface area contributed by atoms with Gasteiger partial charge in [-0.05, 0) is 82.0 Å². The molecular formula is C26H27N3O4S. The average Bonchev–Trinajstić information content (AvgIpc) is 3.06. The molecule has 0 fully saturated rings. The van der Waals surface area contributed by atoms with Gasteiger partial charge in [0.25, 0.3) is 0 Å². The minimum Gasteiger partial charge on any atom is -0.358 e. The van der Waals surface area contributed by atoms with Crippen LogP contribution in [0.5, 0.6) is 5.88 Å². The van der Waals surface area contributed by atoms with E-state index in [1.807, 2.05) is 33.8 Å². The zero-order chi connectivity index (χ0) is 24.9. The number of rotatable bonds is 5. The van der Waals surface area contributed by atoms with Crippen LogP contribution in [0.25, 0.3) is 10.9 Å². The minimum absolute atomic E-state index is 0.00416. The second-order valence-corrected chi connectivity index (χ2v) is 10.2. The molecule has 7 nitrogen and oxygen atoms in total. The topological polar surface area (TPSA) is 91.2 Å². The Hall–Kier alpha value is -3.52. The summed E-state index contributed by atoms with van der Waals surface area (Å²) in [5.74, 6) is -0.475. The van der Waals surface area contributed by atoms with E-state index >= 15 is 0 Å². The van der Waals surface area contributed by atoms with E-state index in [4.69, 9.17) is 9.17 Å². The van der Waals surface area contributed by atoms with E-state index in [0.717, 1.165) is 38.9 Å². The number of ketones is 1. The molecule has 0 aliphatic carbocycles. The molecule has 4 aromatic rings. The van der Waals surface area contributed by atoms with Crippen molar-refractivity contribution in [2.75, 3.05) is 0 Å². The molecule has 0 bridgehead atoms. The van der Waals surface area contributed by atoms with Gasteiger partial charge in [-0.1, -0.05) is 18.2 Å². The molecule has 2 aromatic heterocycles. The number of aromatic nitrogens is 3. The van der Waals surface area contributed by atoms with Crippen molar-refractivity contribution in [3.05, 3.63) is 81.2 Å². The molecule has 0 aliphatic rings. The Kier molecular flexibility index (Phi) is 5.81. The highest BCUT2D eigenvalue weighted by molar-refractivity contribution is 7.87. The number of hydrogen-bond donors (Lipinski definition) is 0. The van der Waals surface area contributed by atoms with Gasteiger partial charge in [0.1, 0.15) is 10.5 Å². The maximum Gasteiger partial charge on any atom is 0.340 e. The molecular weight excluding hydrogens is 450 g/mol. The number of carbonyl (C=O) groups is 1. The smallest absolute Gasteiger partial charge is 0.340 e. The lowest BCUT2D eigenvalue weighted by Crippen LogP contribution is -2.15. The highest BCUT2D eigenvalue weighted by Gasteiger charge is 2.29. The van der Waals surface area contributed by atoms with Gasteiger partial charge in [-0.15, -0.1) is 0 Å². The maximum atomic E-state index is 13.8. The molecule has 0 radical (unpaired) electrons. The summed E-state index contributed by atoms with van der Waals surface area (Å²) < 4.78 is 32.5. The first-order chi connectivity index (χ1) is 15.9. The van der Waals surface area contributed by atoms with E-state index in [1.54, 1.807) is 32.2 Å². The first-order valence-corrected chi connectivity index (χ1v) is 12.3. The largest absolute Gasteiger partial charge is 0.358 e. The summed E-state index contributed by atoms with van der Waals surface area (Å²) in [6.45, 7) is 11.5. The number of nitrogens with zero attached hydrogens (tertiary/aromatic N) is 3. The quantitative estimate of drug-likeness (QED) is 0.302. The highest BCUT2D eigenvalue weighted by atomic mass is 32.2. The minimum atomic E-state index is -4.16. The van der Waals surface area contributed by atoms with Gasteiger partial charge >= 0.3 is 10.1 Å². The zero-order valence-corrected chi connectivity index (χ0v) is 21.2. The van der Waals surface area contributed by atoms with Crippen LogP contribution >= 0.6 is 0 Å². The summed E-state index contributed by atoms with van der Waals surface area (Å²) in [4.78, 5) is 18.6. The SMILES string of the molecule is Cc1nc2c(C)c(C(=O)c3c(C)nn(C)c3OS(=O)(=O)c3ccccc3)cc(C)c2c(C)c1C. The fraction of sp³-hybridized carbons (Fsp3) is 0.269. The third kappa shape index (κ3) is 3.77. The number of fused-ring (bicyclic) bond motifs is 1. The molecule has 2 aromatic carbocycles. The van der Waals surface area contributed by atoms with E-state index in [2.05, 4.69) is 12.0 Å². The van der Waals surface area contributed by atoms with Crippen LogP contribution in [-0.4, -0.2) is 29.0 Å². The van der Waals surface area contributed by atoms with Crippen molar-refractivity contribution in [1.82, 2.24) is 14.8 Å². The normalized spacial score (nSPS) is 11.7. The van der Waals surface area contributed by atoms with Crippen LogP contribution in [0, 0.1) is 41.5 Å². The number of hydrogen-bond acceptors (Lipinski definition) is 6. The summed E-state index contributed by atoms with van der Waals surface area (Å²) in [6.07, 6.45) is 0. The predicted molar refractivity (Wildman–Crippen MR) is 131 cm³/mol. The zero-order valence-electron chi connectivity index (χ0n) is 20.3. The van der Waals surface area contributed by atoms with Crippen molar-refractivity contribution in [3.63, 3.8) is 0 Å². The molecule has 0 unspecified atom stereocenters. The molecule has 2 heterocycles. The predicted octanol–water partition coefficient (Wildman–Crippen LogP) is 4.82. The molecule has 0 aliphatic heterocycles. The van der Waals surface area contributed by atoms with Crippen LogP contribution in [-0.2, 0) is 17.2 Å². The van der Waals surface area contributed by atoms with E-state index in [9.17, 15) is 13.2 Å². The fourth-order valence-corrected chi connectivity index (χ4v) is 5.31. The Morgan fingerprint density at radius 3 is 2.21 bits per heavy atom. The summed E-state index contributed by atoms with van der Waals surface area (Å²) in [6, 6.07) is 9.65. The molecule has 176 valence electrons. The molecule has 0 saturated heterocycles. The molecule has 0 atom stereocenters. The van der Waals surface area contributed by atoms with Crippen LogP contribution < -0.4 is 4.18 Å². The van der Waals surface area contributed by atoms with Crippen LogP contribution in [0.15, 0.2) is 41.3 Å². The van der Waals surface area contributed by atoms with E-state index in [1.165, 1.54) is 16.8 Å². The van der Waals surface area contributed by atoms with Crippen molar-refractivity contribution < 1.29 is 17.4 Å². The second kappa shape index (κ2) is 8.36. The van der Waals surface area contributed by atoms with Crippen molar-refractivity contribution in [2.24, 2.45) is 7.05 Å².